The predicted octanol–water partition coefficient (Wildman–Crippen LogP) is 7.05. The van der Waals surface area contributed by atoms with Crippen LogP contribution in [0.3, 0.4) is 0 Å². The number of hydrogen-bond acceptors (Lipinski definition) is 3. The Bertz CT molecular complexity index is 925. The van der Waals surface area contributed by atoms with Gasteiger partial charge in [0.2, 0.25) is 0 Å². The Balaban J connectivity index is 1.36. The molecule has 1 aliphatic carbocycles. The van der Waals surface area contributed by atoms with Crippen LogP contribution in [0.5, 0.6) is 5.75 Å². The van der Waals surface area contributed by atoms with Crippen molar-refractivity contribution in [3.63, 3.8) is 0 Å². The summed E-state index contributed by atoms with van der Waals surface area (Å²) in [6, 6.07) is 13.1. The SMILES string of the molecule is CCCCCCCCCCCCOc1ccccc1NC(=O)C(=O)Nc1ccc2c(c1)CCC2. The summed E-state index contributed by atoms with van der Waals surface area (Å²) in [6.07, 6.45) is 16.0. The van der Waals surface area contributed by atoms with Gasteiger partial charge in [-0.1, -0.05) is 82.9 Å². The molecule has 0 heterocycles. The van der Waals surface area contributed by atoms with E-state index in [0.717, 1.165) is 32.1 Å². The molecule has 0 bridgehead atoms. The zero-order valence-electron chi connectivity index (χ0n) is 20.7. The topological polar surface area (TPSA) is 67.4 Å². The number of unbranched alkanes of at least 4 members (excludes halogenated alkanes) is 9. The Labute approximate surface area is 204 Å². The smallest absolute Gasteiger partial charge is 0.314 e. The zero-order valence-corrected chi connectivity index (χ0v) is 20.7. The summed E-state index contributed by atoms with van der Waals surface area (Å²) in [5, 5.41) is 5.41. The highest BCUT2D eigenvalue weighted by molar-refractivity contribution is 6.43. The molecule has 1 aliphatic rings. The van der Waals surface area contributed by atoms with Crippen molar-refractivity contribution in [2.75, 3.05) is 17.2 Å². The van der Waals surface area contributed by atoms with Crippen molar-refractivity contribution in [3.8, 4) is 5.75 Å². The molecule has 34 heavy (non-hydrogen) atoms. The van der Waals surface area contributed by atoms with Gasteiger partial charge in [-0.3, -0.25) is 9.59 Å². The Morgan fingerprint density at radius 2 is 1.41 bits per heavy atom. The summed E-state index contributed by atoms with van der Waals surface area (Å²) in [7, 11) is 0. The van der Waals surface area contributed by atoms with Gasteiger partial charge in [0.1, 0.15) is 5.75 Å². The number of para-hydroxylation sites is 2. The average Bonchev–Trinajstić information content (AvgIpc) is 3.31. The maximum atomic E-state index is 12.5. The van der Waals surface area contributed by atoms with Gasteiger partial charge in [-0.2, -0.15) is 0 Å². The van der Waals surface area contributed by atoms with Crippen molar-refractivity contribution in [2.45, 2.75) is 90.4 Å². The molecule has 5 heteroatoms. The van der Waals surface area contributed by atoms with Crippen molar-refractivity contribution in [2.24, 2.45) is 0 Å². The van der Waals surface area contributed by atoms with Gasteiger partial charge in [-0.25, -0.2) is 0 Å². The Morgan fingerprint density at radius 1 is 0.765 bits per heavy atom. The molecule has 184 valence electrons. The number of aryl methyl sites for hydroxylation is 2. The van der Waals surface area contributed by atoms with Crippen LogP contribution < -0.4 is 15.4 Å². The molecule has 0 radical (unpaired) electrons. The van der Waals surface area contributed by atoms with Gasteiger partial charge >= 0.3 is 11.8 Å². The van der Waals surface area contributed by atoms with E-state index < -0.39 is 11.8 Å². The number of carbonyl (C=O) groups excluding carboxylic acids is 2. The third-order valence-corrected chi connectivity index (χ3v) is 6.45. The lowest BCUT2D eigenvalue weighted by atomic mass is 10.1. The first-order chi connectivity index (χ1) is 16.7. The first-order valence-corrected chi connectivity index (χ1v) is 13.1. The minimum atomic E-state index is -0.699. The molecule has 5 nitrogen and oxygen atoms in total. The maximum absolute atomic E-state index is 12.5. The van der Waals surface area contributed by atoms with Gasteiger partial charge < -0.3 is 15.4 Å². The Hall–Kier alpha value is -2.82. The summed E-state index contributed by atoms with van der Waals surface area (Å²) >= 11 is 0. The van der Waals surface area contributed by atoms with E-state index in [1.807, 2.05) is 36.4 Å². The van der Waals surface area contributed by atoms with Crippen molar-refractivity contribution < 1.29 is 14.3 Å². The summed E-state index contributed by atoms with van der Waals surface area (Å²) in [5.41, 5.74) is 3.76. The fourth-order valence-electron chi connectivity index (χ4n) is 4.48. The molecular weight excluding hydrogens is 424 g/mol. The predicted molar refractivity (Wildman–Crippen MR) is 140 cm³/mol. The third-order valence-electron chi connectivity index (χ3n) is 6.45. The van der Waals surface area contributed by atoms with Crippen LogP contribution >= 0.6 is 0 Å². The van der Waals surface area contributed by atoms with Crippen LogP contribution in [-0.2, 0) is 22.4 Å². The fraction of sp³-hybridized carbons (Fsp3) is 0.517. The molecule has 0 aromatic heterocycles. The second-order valence-electron chi connectivity index (χ2n) is 9.27. The Kier molecular flexibility index (Phi) is 11.0. The number of hydrogen-bond donors (Lipinski definition) is 2. The molecule has 0 unspecified atom stereocenters. The van der Waals surface area contributed by atoms with Crippen LogP contribution in [0, 0.1) is 0 Å². The molecule has 2 aromatic carbocycles. The number of amides is 2. The largest absolute Gasteiger partial charge is 0.491 e. The maximum Gasteiger partial charge on any atom is 0.314 e. The molecule has 0 saturated carbocycles. The number of anilines is 2. The molecular formula is C29H40N2O3. The van der Waals surface area contributed by atoms with Gasteiger partial charge in [0.05, 0.1) is 12.3 Å². The van der Waals surface area contributed by atoms with Crippen molar-refractivity contribution in [3.05, 3.63) is 53.6 Å². The summed E-state index contributed by atoms with van der Waals surface area (Å²) in [6.45, 7) is 2.85. The standard InChI is InChI=1S/C29H40N2O3/c1-2-3-4-5-6-7-8-9-10-13-21-34-27-18-12-11-17-26(27)31-29(33)28(32)30-25-20-19-23-15-14-16-24(23)22-25/h11-12,17-20,22H,2-10,13-16,21H2,1H3,(H,30,32)(H,31,33). The number of carbonyl (C=O) groups is 2. The summed E-state index contributed by atoms with van der Waals surface area (Å²) in [4.78, 5) is 24.9. The number of nitrogens with one attached hydrogen (secondary N) is 2. The monoisotopic (exact) mass is 464 g/mol. The highest BCUT2D eigenvalue weighted by atomic mass is 16.5. The van der Waals surface area contributed by atoms with E-state index in [9.17, 15) is 9.59 Å². The summed E-state index contributed by atoms with van der Waals surface area (Å²) in [5.74, 6) is -0.782. The molecule has 0 fully saturated rings. The van der Waals surface area contributed by atoms with Gasteiger partial charge in [0.15, 0.2) is 0 Å². The minimum absolute atomic E-state index is 0.517. The molecule has 0 aliphatic heterocycles. The normalized spacial score (nSPS) is 12.3. The lowest BCUT2D eigenvalue weighted by Crippen LogP contribution is -2.29. The van der Waals surface area contributed by atoms with E-state index in [1.54, 1.807) is 6.07 Å². The lowest BCUT2D eigenvalue weighted by Gasteiger charge is -2.13. The van der Waals surface area contributed by atoms with Crippen molar-refractivity contribution in [1.29, 1.82) is 0 Å². The van der Waals surface area contributed by atoms with Gasteiger partial charge in [-0.15, -0.1) is 0 Å². The molecule has 2 N–H and O–H groups in total. The highest BCUT2D eigenvalue weighted by Gasteiger charge is 2.17. The van der Waals surface area contributed by atoms with Gasteiger partial charge in [0, 0.05) is 5.69 Å². The van der Waals surface area contributed by atoms with Crippen LogP contribution in [0.25, 0.3) is 0 Å². The first-order valence-electron chi connectivity index (χ1n) is 13.1. The van der Waals surface area contributed by atoms with Gasteiger partial charge in [-0.05, 0) is 61.1 Å². The molecule has 3 rings (SSSR count). The minimum Gasteiger partial charge on any atom is -0.491 e. The van der Waals surface area contributed by atoms with Crippen LogP contribution in [-0.4, -0.2) is 18.4 Å². The van der Waals surface area contributed by atoms with Crippen LogP contribution in [0.15, 0.2) is 42.5 Å². The van der Waals surface area contributed by atoms with E-state index in [4.69, 9.17) is 4.74 Å². The quantitative estimate of drug-likeness (QED) is 0.232. The number of rotatable bonds is 14. The van der Waals surface area contributed by atoms with E-state index in [1.165, 1.54) is 62.5 Å². The molecule has 2 amide bonds. The molecule has 0 atom stereocenters. The fourth-order valence-corrected chi connectivity index (χ4v) is 4.48. The average molecular weight is 465 g/mol. The van der Waals surface area contributed by atoms with E-state index >= 15 is 0 Å². The molecule has 0 spiro atoms. The first kappa shape index (κ1) is 25.8. The Morgan fingerprint density at radius 3 is 2.18 bits per heavy atom. The van der Waals surface area contributed by atoms with Crippen LogP contribution in [0.4, 0.5) is 11.4 Å². The third kappa shape index (κ3) is 8.51. The van der Waals surface area contributed by atoms with Crippen LogP contribution in [0.2, 0.25) is 0 Å². The van der Waals surface area contributed by atoms with E-state index in [2.05, 4.69) is 17.6 Å². The number of benzene rings is 2. The molecule has 2 aromatic rings. The summed E-state index contributed by atoms with van der Waals surface area (Å²) < 4.78 is 5.91. The number of ether oxygens (including phenoxy) is 1. The number of fused-ring (bicyclic) bond motifs is 1. The van der Waals surface area contributed by atoms with Crippen molar-refractivity contribution >= 4 is 23.2 Å². The zero-order chi connectivity index (χ0) is 24.0. The van der Waals surface area contributed by atoms with E-state index in [0.29, 0.717) is 23.7 Å². The highest BCUT2D eigenvalue weighted by Crippen LogP contribution is 2.26. The van der Waals surface area contributed by atoms with Crippen molar-refractivity contribution in [1.82, 2.24) is 0 Å². The second kappa shape index (κ2) is 14.4. The van der Waals surface area contributed by atoms with E-state index in [-0.39, 0.29) is 0 Å². The lowest BCUT2D eigenvalue weighted by molar-refractivity contribution is -0.133. The van der Waals surface area contributed by atoms with Crippen LogP contribution in [0.1, 0.15) is 88.7 Å². The van der Waals surface area contributed by atoms with Gasteiger partial charge in [0.25, 0.3) is 0 Å². The second-order valence-corrected chi connectivity index (χ2v) is 9.27. The molecule has 0 saturated heterocycles.